The number of fused-ring (bicyclic) bond motifs is 1. The molecule has 7 nitrogen and oxygen atoms in total. The molecule has 0 aliphatic heterocycles. The Bertz CT molecular complexity index is 635. The summed E-state index contributed by atoms with van der Waals surface area (Å²) in [7, 11) is 0. The number of aromatic amines is 1. The molecule has 2 aromatic rings. The van der Waals surface area contributed by atoms with Gasteiger partial charge >= 0.3 is 5.69 Å². The zero-order valence-corrected chi connectivity index (χ0v) is 10.1. The van der Waals surface area contributed by atoms with E-state index in [-0.39, 0.29) is 17.8 Å². The Hall–Kier alpha value is -1.89. The number of hydrogen-bond acceptors (Lipinski definition) is 5. The molecule has 1 saturated carbocycles. The largest absolute Gasteiger partial charge is 0.394 e. The fraction of sp³-hybridized carbons (Fsp3) is 0.545. The Kier molecular flexibility index (Phi) is 2.37. The number of aliphatic hydroxyl groups is 1. The average molecular weight is 249 g/mol. The molecular formula is C11H15N5O2. The van der Waals surface area contributed by atoms with E-state index in [1.807, 2.05) is 0 Å². The van der Waals surface area contributed by atoms with Crippen molar-refractivity contribution in [1.29, 1.82) is 0 Å². The number of aliphatic hydroxyl groups excluding tert-OH is 1. The van der Waals surface area contributed by atoms with E-state index in [1.54, 1.807) is 13.0 Å². The topological polar surface area (TPSA) is 95.3 Å². The van der Waals surface area contributed by atoms with E-state index < -0.39 is 0 Å². The summed E-state index contributed by atoms with van der Waals surface area (Å²) < 4.78 is 1.41. The van der Waals surface area contributed by atoms with Crippen molar-refractivity contribution in [1.82, 2.24) is 19.6 Å². The van der Waals surface area contributed by atoms with Crippen molar-refractivity contribution in [3.05, 3.63) is 22.4 Å². The van der Waals surface area contributed by atoms with Crippen LogP contribution in [0.2, 0.25) is 0 Å². The van der Waals surface area contributed by atoms with Gasteiger partial charge in [-0.3, -0.25) is 0 Å². The number of nitrogens with zero attached hydrogens (tertiary/aromatic N) is 3. The number of nitrogens with one attached hydrogen (secondary N) is 2. The van der Waals surface area contributed by atoms with Crippen LogP contribution in [0, 0.1) is 6.92 Å². The minimum atomic E-state index is -0.290. The maximum absolute atomic E-state index is 11.5. The van der Waals surface area contributed by atoms with Crippen LogP contribution in [-0.4, -0.2) is 36.8 Å². The zero-order chi connectivity index (χ0) is 12.8. The van der Waals surface area contributed by atoms with Crippen molar-refractivity contribution in [3.63, 3.8) is 0 Å². The lowest BCUT2D eigenvalue weighted by molar-refractivity contribution is 0.144. The zero-order valence-electron chi connectivity index (χ0n) is 10.1. The number of H-pyrrole nitrogens is 1. The van der Waals surface area contributed by atoms with Gasteiger partial charge in [0.05, 0.1) is 12.1 Å². The van der Waals surface area contributed by atoms with Crippen LogP contribution in [0.4, 0.5) is 5.82 Å². The molecule has 0 unspecified atom stereocenters. The third-order valence-electron chi connectivity index (χ3n) is 3.58. The second-order valence-corrected chi connectivity index (χ2v) is 4.83. The first kappa shape index (κ1) is 11.2. The molecule has 1 aliphatic rings. The summed E-state index contributed by atoms with van der Waals surface area (Å²) in [4.78, 5) is 15.8. The standard InChI is InChI=1S/C11H15N5O2/c1-7-12-8(13-11(6-17)3-2-4-11)5-9-14-15-10(18)16(7)9/h5,13,17H,2-4,6H2,1H3,(H,15,18). The number of rotatable bonds is 3. The van der Waals surface area contributed by atoms with Gasteiger partial charge in [-0.2, -0.15) is 5.10 Å². The van der Waals surface area contributed by atoms with E-state index in [4.69, 9.17) is 0 Å². The molecule has 3 rings (SSSR count). The van der Waals surface area contributed by atoms with Gasteiger partial charge in [0.1, 0.15) is 11.6 Å². The predicted octanol–water partition coefficient (Wildman–Crippen LogP) is 0.0529. The van der Waals surface area contributed by atoms with Crippen LogP contribution < -0.4 is 11.0 Å². The normalized spacial score (nSPS) is 17.7. The summed E-state index contributed by atoms with van der Waals surface area (Å²) >= 11 is 0. The average Bonchev–Trinajstić information content (AvgIpc) is 2.66. The fourth-order valence-corrected chi connectivity index (χ4v) is 2.36. The van der Waals surface area contributed by atoms with Gasteiger partial charge in [-0.25, -0.2) is 19.3 Å². The van der Waals surface area contributed by atoms with Gasteiger partial charge in [-0.1, -0.05) is 0 Å². The van der Waals surface area contributed by atoms with Crippen molar-refractivity contribution in [3.8, 4) is 0 Å². The molecule has 0 atom stereocenters. The van der Waals surface area contributed by atoms with Crippen molar-refractivity contribution in [2.75, 3.05) is 11.9 Å². The van der Waals surface area contributed by atoms with Crippen LogP contribution in [0.15, 0.2) is 10.9 Å². The summed E-state index contributed by atoms with van der Waals surface area (Å²) in [6.07, 6.45) is 2.97. The maximum atomic E-state index is 11.5. The highest BCUT2D eigenvalue weighted by Crippen LogP contribution is 2.34. The Balaban J connectivity index is 2.00. The summed E-state index contributed by atoms with van der Waals surface area (Å²) in [6.45, 7) is 1.84. The van der Waals surface area contributed by atoms with Crippen LogP contribution in [0.1, 0.15) is 25.1 Å². The Morgan fingerprint density at radius 2 is 2.39 bits per heavy atom. The second-order valence-electron chi connectivity index (χ2n) is 4.83. The SMILES string of the molecule is Cc1nc(NC2(CO)CCC2)cc2n[nH]c(=O)n12. The van der Waals surface area contributed by atoms with Gasteiger partial charge in [0.2, 0.25) is 0 Å². The molecule has 1 aliphatic carbocycles. The van der Waals surface area contributed by atoms with E-state index >= 15 is 0 Å². The second kappa shape index (κ2) is 3.81. The van der Waals surface area contributed by atoms with Crippen LogP contribution >= 0.6 is 0 Å². The predicted molar refractivity (Wildman–Crippen MR) is 65.6 cm³/mol. The third kappa shape index (κ3) is 1.59. The van der Waals surface area contributed by atoms with Crippen molar-refractivity contribution < 1.29 is 5.11 Å². The molecule has 1 fully saturated rings. The van der Waals surface area contributed by atoms with Crippen LogP contribution in [0.5, 0.6) is 0 Å². The maximum Gasteiger partial charge on any atom is 0.349 e. The van der Waals surface area contributed by atoms with Gasteiger partial charge in [-0.15, -0.1) is 0 Å². The van der Waals surface area contributed by atoms with E-state index in [0.717, 1.165) is 19.3 Å². The lowest BCUT2D eigenvalue weighted by Gasteiger charge is -2.41. The number of aromatic nitrogens is 4. The Morgan fingerprint density at radius 3 is 3.00 bits per heavy atom. The molecule has 18 heavy (non-hydrogen) atoms. The Labute approximate surface area is 103 Å². The molecule has 0 saturated heterocycles. The minimum Gasteiger partial charge on any atom is -0.394 e. The van der Waals surface area contributed by atoms with E-state index in [0.29, 0.717) is 17.3 Å². The lowest BCUT2D eigenvalue weighted by atomic mass is 9.77. The van der Waals surface area contributed by atoms with Crippen molar-refractivity contribution in [2.24, 2.45) is 0 Å². The van der Waals surface area contributed by atoms with Crippen molar-refractivity contribution >= 4 is 11.5 Å². The number of aryl methyl sites for hydroxylation is 1. The first-order valence-electron chi connectivity index (χ1n) is 5.97. The van der Waals surface area contributed by atoms with Gasteiger partial charge in [0, 0.05) is 6.07 Å². The summed E-state index contributed by atoms with van der Waals surface area (Å²) in [6, 6.07) is 1.71. The molecule has 3 N–H and O–H groups in total. The molecule has 7 heteroatoms. The van der Waals surface area contributed by atoms with Gasteiger partial charge in [-0.05, 0) is 26.2 Å². The molecular weight excluding hydrogens is 234 g/mol. The van der Waals surface area contributed by atoms with Crippen LogP contribution in [0.3, 0.4) is 0 Å². The van der Waals surface area contributed by atoms with E-state index in [2.05, 4.69) is 20.5 Å². The summed E-state index contributed by atoms with van der Waals surface area (Å²) in [5.41, 5.74) is -0.0153. The summed E-state index contributed by atoms with van der Waals surface area (Å²) in [5.74, 6) is 1.22. The molecule has 96 valence electrons. The highest BCUT2D eigenvalue weighted by molar-refractivity contribution is 5.51. The van der Waals surface area contributed by atoms with Crippen molar-refractivity contribution in [2.45, 2.75) is 31.7 Å². The smallest absolute Gasteiger partial charge is 0.349 e. The molecule has 0 radical (unpaired) electrons. The molecule has 0 amide bonds. The lowest BCUT2D eigenvalue weighted by Crippen LogP contribution is -2.48. The van der Waals surface area contributed by atoms with Crippen LogP contribution in [-0.2, 0) is 0 Å². The first-order chi connectivity index (χ1) is 8.63. The summed E-state index contributed by atoms with van der Waals surface area (Å²) in [5, 5.41) is 19.0. The highest BCUT2D eigenvalue weighted by Gasteiger charge is 2.36. The minimum absolute atomic E-state index is 0.0896. The monoisotopic (exact) mass is 249 g/mol. The van der Waals surface area contributed by atoms with Gasteiger partial charge < -0.3 is 10.4 Å². The van der Waals surface area contributed by atoms with Crippen LogP contribution in [0.25, 0.3) is 5.65 Å². The van der Waals surface area contributed by atoms with E-state index in [9.17, 15) is 9.90 Å². The number of anilines is 1. The van der Waals surface area contributed by atoms with Gasteiger partial charge in [0.25, 0.3) is 0 Å². The van der Waals surface area contributed by atoms with Gasteiger partial charge in [0.15, 0.2) is 5.65 Å². The molecule has 0 aromatic carbocycles. The molecule has 0 spiro atoms. The molecule has 2 heterocycles. The molecule has 0 bridgehead atoms. The highest BCUT2D eigenvalue weighted by atomic mass is 16.3. The Morgan fingerprint density at radius 1 is 1.61 bits per heavy atom. The van der Waals surface area contributed by atoms with E-state index in [1.165, 1.54) is 4.40 Å². The first-order valence-corrected chi connectivity index (χ1v) is 5.97. The molecule has 2 aromatic heterocycles. The fourth-order valence-electron chi connectivity index (χ4n) is 2.36. The quantitative estimate of drug-likeness (QED) is 0.714. The third-order valence-corrected chi connectivity index (χ3v) is 3.58. The number of hydrogen-bond donors (Lipinski definition) is 3.